The Kier molecular flexibility index (Phi) is 4.87. The van der Waals surface area contributed by atoms with E-state index in [9.17, 15) is 9.59 Å². The summed E-state index contributed by atoms with van der Waals surface area (Å²) in [7, 11) is 1.26. The number of esters is 2. The van der Waals surface area contributed by atoms with Crippen molar-refractivity contribution in [2.45, 2.75) is 38.2 Å². The largest absolute Gasteiger partial charge is 0.466 e. The van der Waals surface area contributed by atoms with Gasteiger partial charge in [-0.1, -0.05) is 6.42 Å². The molecule has 0 aromatic rings. The van der Waals surface area contributed by atoms with Crippen molar-refractivity contribution in [2.75, 3.05) is 7.11 Å². The summed E-state index contributed by atoms with van der Waals surface area (Å²) in [6.45, 7) is 0. The SMILES string of the molecule is COC(=O)C=CC(=O)OC1CCCCC1. The standard InChI is InChI=1S/C11H16O4/c1-14-10(12)7-8-11(13)15-9-5-3-2-4-6-9/h7-9H,2-6H2,1H3. The van der Waals surface area contributed by atoms with E-state index in [0.717, 1.165) is 37.8 Å². The Bertz CT molecular complexity index is 251. The first-order chi connectivity index (χ1) is 7.22. The Morgan fingerprint density at radius 1 is 1.07 bits per heavy atom. The number of methoxy groups -OCH3 is 1. The molecule has 1 aliphatic carbocycles. The maximum atomic E-state index is 11.2. The molecule has 1 rings (SSSR count). The van der Waals surface area contributed by atoms with Crippen molar-refractivity contribution in [3.8, 4) is 0 Å². The number of carbonyl (C=O) groups excluding carboxylic acids is 2. The molecule has 0 aromatic carbocycles. The van der Waals surface area contributed by atoms with E-state index in [1.807, 2.05) is 0 Å². The highest BCUT2D eigenvalue weighted by molar-refractivity contribution is 5.91. The summed E-state index contributed by atoms with van der Waals surface area (Å²) in [5.74, 6) is -1.01. The quantitative estimate of drug-likeness (QED) is 0.526. The Balaban J connectivity index is 2.28. The van der Waals surface area contributed by atoms with E-state index < -0.39 is 11.9 Å². The monoisotopic (exact) mass is 212 g/mol. The van der Waals surface area contributed by atoms with Crippen LogP contribution in [-0.4, -0.2) is 25.2 Å². The normalized spacial score (nSPS) is 17.7. The van der Waals surface area contributed by atoms with Crippen molar-refractivity contribution in [2.24, 2.45) is 0 Å². The van der Waals surface area contributed by atoms with Crippen LogP contribution in [0.1, 0.15) is 32.1 Å². The van der Waals surface area contributed by atoms with Crippen LogP contribution in [0.15, 0.2) is 12.2 Å². The maximum Gasteiger partial charge on any atom is 0.331 e. The van der Waals surface area contributed by atoms with Crippen molar-refractivity contribution in [1.29, 1.82) is 0 Å². The Hall–Kier alpha value is -1.32. The summed E-state index contributed by atoms with van der Waals surface area (Å²) in [6, 6.07) is 0. The molecule has 0 amide bonds. The molecule has 1 saturated carbocycles. The van der Waals surface area contributed by atoms with Crippen molar-refractivity contribution in [3.05, 3.63) is 12.2 Å². The number of rotatable bonds is 3. The van der Waals surface area contributed by atoms with E-state index in [1.165, 1.54) is 13.5 Å². The fourth-order valence-corrected chi connectivity index (χ4v) is 1.59. The molecule has 0 radical (unpaired) electrons. The lowest BCUT2D eigenvalue weighted by atomic mass is 9.98. The molecule has 0 heterocycles. The predicted octanol–water partition coefficient (Wildman–Crippen LogP) is 1.59. The molecule has 0 atom stereocenters. The highest BCUT2D eigenvalue weighted by Gasteiger charge is 2.16. The molecule has 0 unspecified atom stereocenters. The van der Waals surface area contributed by atoms with Gasteiger partial charge in [0.05, 0.1) is 7.11 Å². The van der Waals surface area contributed by atoms with Crippen LogP contribution in [0.25, 0.3) is 0 Å². The summed E-state index contributed by atoms with van der Waals surface area (Å²) in [6.07, 6.45) is 7.50. The Morgan fingerprint density at radius 2 is 1.67 bits per heavy atom. The van der Waals surface area contributed by atoms with E-state index >= 15 is 0 Å². The minimum absolute atomic E-state index is 0.0218. The third-order valence-corrected chi connectivity index (χ3v) is 2.39. The van der Waals surface area contributed by atoms with E-state index in [1.54, 1.807) is 0 Å². The third-order valence-electron chi connectivity index (χ3n) is 2.39. The molecule has 0 saturated heterocycles. The first-order valence-electron chi connectivity index (χ1n) is 5.19. The average Bonchev–Trinajstić information content (AvgIpc) is 2.27. The van der Waals surface area contributed by atoms with Crippen molar-refractivity contribution in [1.82, 2.24) is 0 Å². The zero-order valence-corrected chi connectivity index (χ0v) is 8.90. The van der Waals surface area contributed by atoms with Gasteiger partial charge in [-0.2, -0.15) is 0 Å². The van der Waals surface area contributed by atoms with Gasteiger partial charge in [0.25, 0.3) is 0 Å². The van der Waals surface area contributed by atoms with E-state index in [4.69, 9.17) is 4.74 Å². The van der Waals surface area contributed by atoms with Gasteiger partial charge in [0, 0.05) is 12.2 Å². The van der Waals surface area contributed by atoms with Gasteiger partial charge in [-0.05, 0) is 25.7 Å². The summed E-state index contributed by atoms with van der Waals surface area (Å²) in [4.78, 5) is 21.9. The van der Waals surface area contributed by atoms with Crippen LogP contribution < -0.4 is 0 Å². The topological polar surface area (TPSA) is 52.6 Å². The van der Waals surface area contributed by atoms with Gasteiger partial charge < -0.3 is 9.47 Å². The highest BCUT2D eigenvalue weighted by atomic mass is 16.5. The van der Waals surface area contributed by atoms with Gasteiger partial charge >= 0.3 is 11.9 Å². The van der Waals surface area contributed by atoms with Crippen LogP contribution in [0.4, 0.5) is 0 Å². The second-order valence-electron chi connectivity index (χ2n) is 3.55. The molecular formula is C11H16O4. The summed E-state index contributed by atoms with van der Waals surface area (Å²) in [5, 5.41) is 0. The lowest BCUT2D eigenvalue weighted by molar-refractivity contribution is -0.145. The van der Waals surface area contributed by atoms with Gasteiger partial charge in [-0.15, -0.1) is 0 Å². The molecule has 0 aromatic heterocycles. The zero-order chi connectivity index (χ0) is 11.1. The minimum atomic E-state index is -0.546. The van der Waals surface area contributed by atoms with Crippen molar-refractivity contribution in [3.63, 3.8) is 0 Å². The van der Waals surface area contributed by atoms with Gasteiger partial charge in [-0.25, -0.2) is 9.59 Å². The Labute approximate surface area is 89.2 Å². The number of hydrogen-bond donors (Lipinski definition) is 0. The Morgan fingerprint density at radius 3 is 2.27 bits per heavy atom. The fraction of sp³-hybridized carbons (Fsp3) is 0.636. The highest BCUT2D eigenvalue weighted by Crippen LogP contribution is 2.20. The van der Waals surface area contributed by atoms with Crippen LogP contribution in [0.2, 0.25) is 0 Å². The molecule has 84 valence electrons. The third kappa shape index (κ3) is 4.63. The van der Waals surface area contributed by atoms with Gasteiger partial charge in [0.2, 0.25) is 0 Å². The molecule has 4 heteroatoms. The zero-order valence-electron chi connectivity index (χ0n) is 8.90. The molecule has 0 aliphatic heterocycles. The number of ether oxygens (including phenoxy) is 2. The van der Waals surface area contributed by atoms with Crippen LogP contribution in [0.5, 0.6) is 0 Å². The van der Waals surface area contributed by atoms with E-state index in [0.29, 0.717) is 0 Å². The molecule has 0 spiro atoms. The molecular weight excluding hydrogens is 196 g/mol. The second kappa shape index (κ2) is 6.22. The molecule has 0 N–H and O–H groups in total. The summed E-state index contributed by atoms with van der Waals surface area (Å²) >= 11 is 0. The lowest BCUT2D eigenvalue weighted by Crippen LogP contribution is -2.19. The van der Waals surface area contributed by atoms with E-state index in [2.05, 4.69) is 4.74 Å². The van der Waals surface area contributed by atoms with Gasteiger partial charge in [0.1, 0.15) is 6.10 Å². The molecule has 1 aliphatic rings. The molecule has 1 fully saturated rings. The lowest BCUT2D eigenvalue weighted by Gasteiger charge is -2.20. The van der Waals surface area contributed by atoms with Crippen molar-refractivity contribution < 1.29 is 19.1 Å². The van der Waals surface area contributed by atoms with Crippen molar-refractivity contribution >= 4 is 11.9 Å². The number of hydrogen-bond acceptors (Lipinski definition) is 4. The van der Waals surface area contributed by atoms with Gasteiger partial charge in [-0.3, -0.25) is 0 Å². The maximum absolute atomic E-state index is 11.2. The summed E-state index contributed by atoms with van der Waals surface area (Å²) in [5.41, 5.74) is 0. The summed E-state index contributed by atoms with van der Waals surface area (Å²) < 4.78 is 9.51. The minimum Gasteiger partial charge on any atom is -0.466 e. The molecule has 4 nitrogen and oxygen atoms in total. The molecule has 0 bridgehead atoms. The van der Waals surface area contributed by atoms with Crippen LogP contribution in [-0.2, 0) is 19.1 Å². The molecule has 15 heavy (non-hydrogen) atoms. The second-order valence-corrected chi connectivity index (χ2v) is 3.55. The fourth-order valence-electron chi connectivity index (χ4n) is 1.59. The van der Waals surface area contributed by atoms with Crippen LogP contribution >= 0.6 is 0 Å². The number of carbonyl (C=O) groups is 2. The first-order valence-corrected chi connectivity index (χ1v) is 5.19. The van der Waals surface area contributed by atoms with E-state index in [-0.39, 0.29) is 6.10 Å². The van der Waals surface area contributed by atoms with Gasteiger partial charge in [0.15, 0.2) is 0 Å². The van der Waals surface area contributed by atoms with Crippen LogP contribution in [0, 0.1) is 0 Å². The predicted molar refractivity (Wildman–Crippen MR) is 54.1 cm³/mol. The first kappa shape index (κ1) is 11.8. The smallest absolute Gasteiger partial charge is 0.331 e. The van der Waals surface area contributed by atoms with Crippen LogP contribution in [0.3, 0.4) is 0 Å². The average molecular weight is 212 g/mol.